The van der Waals surface area contributed by atoms with E-state index < -0.39 is 12.1 Å². The SMILES string of the molecule is CC(NC(=O)C1Cc2c([nH]c3ccccc23)C2c3ccccc3C(=O)N12)C(=O)NC1CC1. The molecule has 3 atom stereocenters. The summed E-state index contributed by atoms with van der Waals surface area (Å²) in [4.78, 5) is 44.4. The summed E-state index contributed by atoms with van der Waals surface area (Å²) in [5, 5.41) is 6.85. The second kappa shape index (κ2) is 6.95. The topological polar surface area (TPSA) is 94.3 Å². The molecule has 3 aliphatic rings. The zero-order valence-corrected chi connectivity index (χ0v) is 17.7. The van der Waals surface area contributed by atoms with Crippen LogP contribution in [0, 0.1) is 0 Å². The standard InChI is InChI=1S/C25H24N4O3/c1-13(23(30)27-14-10-11-14)26-24(31)20-12-18-15-6-4-5-9-19(15)28-21(18)22-16-7-2-3-8-17(16)25(32)29(20)22/h2-9,13-14,20,22,28H,10-12H2,1H3,(H,26,31)(H,27,30). The molecule has 0 saturated heterocycles. The Morgan fingerprint density at radius 3 is 2.66 bits per heavy atom. The molecule has 3 aromatic rings. The van der Waals surface area contributed by atoms with E-state index in [1.807, 2.05) is 48.5 Å². The van der Waals surface area contributed by atoms with Crippen molar-refractivity contribution in [2.45, 2.75) is 50.4 Å². The molecule has 6 rings (SSSR count). The van der Waals surface area contributed by atoms with Gasteiger partial charge in [-0.15, -0.1) is 0 Å². The molecule has 162 valence electrons. The largest absolute Gasteiger partial charge is 0.356 e. The number of carbonyl (C=O) groups is 3. The fraction of sp³-hybridized carbons (Fsp3) is 0.320. The van der Waals surface area contributed by atoms with Crippen molar-refractivity contribution in [3.8, 4) is 0 Å². The summed E-state index contributed by atoms with van der Waals surface area (Å²) in [7, 11) is 0. The van der Waals surface area contributed by atoms with Gasteiger partial charge in [-0.1, -0.05) is 36.4 Å². The average Bonchev–Trinajstić information content (AvgIpc) is 3.46. The van der Waals surface area contributed by atoms with E-state index >= 15 is 0 Å². The Hall–Kier alpha value is -3.61. The van der Waals surface area contributed by atoms with E-state index in [-0.39, 0.29) is 29.8 Å². The summed E-state index contributed by atoms with van der Waals surface area (Å²) in [5.41, 5.74) is 4.55. The molecule has 3 amide bonds. The van der Waals surface area contributed by atoms with Gasteiger partial charge in [-0.25, -0.2) is 0 Å². The van der Waals surface area contributed by atoms with Crippen LogP contribution in [-0.4, -0.2) is 45.7 Å². The van der Waals surface area contributed by atoms with Crippen molar-refractivity contribution in [1.82, 2.24) is 20.5 Å². The maximum Gasteiger partial charge on any atom is 0.255 e. The van der Waals surface area contributed by atoms with Gasteiger partial charge < -0.3 is 20.5 Å². The molecule has 1 saturated carbocycles. The number of para-hydroxylation sites is 1. The Balaban J connectivity index is 1.39. The van der Waals surface area contributed by atoms with E-state index in [1.54, 1.807) is 11.8 Å². The summed E-state index contributed by atoms with van der Waals surface area (Å²) in [6.45, 7) is 1.69. The first-order valence-electron chi connectivity index (χ1n) is 11.1. The molecule has 1 fully saturated rings. The van der Waals surface area contributed by atoms with Gasteiger partial charge in [0.25, 0.3) is 5.91 Å². The second-order valence-electron chi connectivity index (χ2n) is 9.00. The molecule has 3 heterocycles. The molecule has 2 aliphatic heterocycles. The van der Waals surface area contributed by atoms with E-state index in [0.29, 0.717) is 12.0 Å². The molecule has 3 unspecified atom stereocenters. The smallest absolute Gasteiger partial charge is 0.255 e. The summed E-state index contributed by atoms with van der Waals surface area (Å²) >= 11 is 0. The molecule has 7 heteroatoms. The molecule has 1 aliphatic carbocycles. The fourth-order valence-electron chi connectivity index (χ4n) is 5.07. The monoisotopic (exact) mass is 428 g/mol. The summed E-state index contributed by atoms with van der Waals surface area (Å²) < 4.78 is 0. The van der Waals surface area contributed by atoms with Crippen LogP contribution in [0.4, 0.5) is 0 Å². The van der Waals surface area contributed by atoms with Crippen LogP contribution in [-0.2, 0) is 16.0 Å². The fourth-order valence-corrected chi connectivity index (χ4v) is 5.07. The third-order valence-corrected chi connectivity index (χ3v) is 6.83. The van der Waals surface area contributed by atoms with Crippen molar-refractivity contribution >= 4 is 28.6 Å². The predicted octanol–water partition coefficient (Wildman–Crippen LogP) is 2.42. The summed E-state index contributed by atoms with van der Waals surface area (Å²) in [5.74, 6) is -0.632. The zero-order valence-electron chi connectivity index (χ0n) is 17.7. The van der Waals surface area contributed by atoms with Crippen LogP contribution in [0.2, 0.25) is 0 Å². The highest BCUT2D eigenvalue weighted by Crippen LogP contribution is 2.46. The predicted molar refractivity (Wildman–Crippen MR) is 119 cm³/mol. The summed E-state index contributed by atoms with van der Waals surface area (Å²) in [6.07, 6.45) is 2.37. The lowest BCUT2D eigenvalue weighted by Gasteiger charge is -2.37. The molecule has 0 radical (unpaired) electrons. The normalized spacial score (nSPS) is 22.2. The number of nitrogens with zero attached hydrogens (tertiary/aromatic N) is 1. The van der Waals surface area contributed by atoms with Gasteiger partial charge in [-0.05, 0) is 43.0 Å². The number of H-pyrrole nitrogens is 1. The van der Waals surface area contributed by atoms with Crippen molar-refractivity contribution in [2.75, 3.05) is 0 Å². The average molecular weight is 428 g/mol. The van der Waals surface area contributed by atoms with E-state index in [9.17, 15) is 14.4 Å². The van der Waals surface area contributed by atoms with Gasteiger partial charge in [0, 0.05) is 34.6 Å². The third-order valence-electron chi connectivity index (χ3n) is 6.83. The number of aromatic amines is 1. The highest BCUT2D eigenvalue weighted by atomic mass is 16.2. The third kappa shape index (κ3) is 2.84. The van der Waals surface area contributed by atoms with Crippen molar-refractivity contribution in [3.63, 3.8) is 0 Å². The number of hydrogen-bond acceptors (Lipinski definition) is 3. The van der Waals surface area contributed by atoms with Gasteiger partial charge >= 0.3 is 0 Å². The highest BCUT2D eigenvalue weighted by molar-refractivity contribution is 6.04. The Labute approximate surface area is 185 Å². The Kier molecular flexibility index (Phi) is 4.15. The van der Waals surface area contributed by atoms with E-state index in [4.69, 9.17) is 0 Å². The van der Waals surface area contributed by atoms with E-state index in [2.05, 4.69) is 15.6 Å². The zero-order chi connectivity index (χ0) is 22.0. The van der Waals surface area contributed by atoms with Crippen molar-refractivity contribution < 1.29 is 14.4 Å². The van der Waals surface area contributed by atoms with Gasteiger partial charge in [-0.2, -0.15) is 0 Å². The van der Waals surface area contributed by atoms with E-state index in [1.165, 1.54) is 0 Å². The van der Waals surface area contributed by atoms with Gasteiger partial charge in [-0.3, -0.25) is 14.4 Å². The molecular weight excluding hydrogens is 404 g/mol. The Morgan fingerprint density at radius 1 is 1.09 bits per heavy atom. The van der Waals surface area contributed by atoms with Crippen LogP contribution in [0.1, 0.15) is 53.0 Å². The molecule has 7 nitrogen and oxygen atoms in total. The molecule has 1 aromatic heterocycles. The number of amides is 3. The highest BCUT2D eigenvalue weighted by Gasteiger charge is 2.49. The Bertz CT molecular complexity index is 1280. The minimum absolute atomic E-state index is 0.148. The van der Waals surface area contributed by atoms with Crippen molar-refractivity contribution in [3.05, 3.63) is 70.9 Å². The quantitative estimate of drug-likeness (QED) is 0.596. The molecule has 0 bridgehead atoms. The first-order valence-corrected chi connectivity index (χ1v) is 11.1. The van der Waals surface area contributed by atoms with Crippen LogP contribution < -0.4 is 10.6 Å². The minimum Gasteiger partial charge on any atom is -0.356 e. The maximum atomic E-state index is 13.4. The maximum absolute atomic E-state index is 13.4. The lowest BCUT2D eigenvalue weighted by molar-refractivity contribution is -0.131. The summed E-state index contributed by atoms with van der Waals surface area (Å²) in [6, 6.07) is 14.1. The molecule has 3 N–H and O–H groups in total. The van der Waals surface area contributed by atoms with Gasteiger partial charge in [0.05, 0.1) is 6.04 Å². The number of hydrogen-bond donors (Lipinski definition) is 3. The number of benzene rings is 2. The number of carbonyl (C=O) groups excluding carboxylic acids is 3. The first-order chi connectivity index (χ1) is 15.5. The van der Waals surface area contributed by atoms with Gasteiger partial charge in [0.15, 0.2) is 0 Å². The van der Waals surface area contributed by atoms with Crippen molar-refractivity contribution in [1.29, 1.82) is 0 Å². The Morgan fingerprint density at radius 2 is 1.84 bits per heavy atom. The van der Waals surface area contributed by atoms with Crippen molar-refractivity contribution in [2.24, 2.45) is 0 Å². The minimum atomic E-state index is -0.692. The lowest BCUT2D eigenvalue weighted by atomic mass is 9.90. The molecule has 2 aromatic carbocycles. The molecular formula is C25H24N4O3. The number of aromatic nitrogens is 1. The van der Waals surface area contributed by atoms with Crippen LogP contribution in [0.3, 0.4) is 0 Å². The van der Waals surface area contributed by atoms with E-state index in [0.717, 1.165) is 40.6 Å². The van der Waals surface area contributed by atoms with Crippen LogP contribution in [0.5, 0.6) is 0 Å². The van der Waals surface area contributed by atoms with Crippen LogP contribution in [0.15, 0.2) is 48.5 Å². The van der Waals surface area contributed by atoms with Crippen LogP contribution >= 0.6 is 0 Å². The lowest BCUT2D eigenvalue weighted by Crippen LogP contribution is -2.56. The second-order valence-corrected chi connectivity index (χ2v) is 9.00. The van der Waals surface area contributed by atoms with Crippen LogP contribution in [0.25, 0.3) is 10.9 Å². The molecule has 32 heavy (non-hydrogen) atoms. The van der Waals surface area contributed by atoms with Gasteiger partial charge in [0.2, 0.25) is 11.8 Å². The molecule has 0 spiro atoms. The van der Waals surface area contributed by atoms with Gasteiger partial charge in [0.1, 0.15) is 12.1 Å². The number of fused-ring (bicyclic) bond motifs is 7. The number of nitrogens with one attached hydrogen (secondary N) is 3. The first kappa shape index (κ1) is 19.1. The number of rotatable bonds is 4.